The molecule has 2 aromatic carbocycles. The van der Waals surface area contributed by atoms with Gasteiger partial charge in [-0.15, -0.1) is 0 Å². The topological polar surface area (TPSA) is 61.4 Å². The van der Waals surface area contributed by atoms with Crippen LogP contribution < -0.4 is 10.6 Å². The van der Waals surface area contributed by atoms with E-state index in [-0.39, 0.29) is 16.5 Å². The van der Waals surface area contributed by atoms with Gasteiger partial charge in [0.2, 0.25) is 5.91 Å². The summed E-state index contributed by atoms with van der Waals surface area (Å²) in [6.07, 6.45) is 0.481. The molecule has 0 bridgehead atoms. The second-order valence-electron chi connectivity index (χ2n) is 6.30. The Morgan fingerprint density at radius 3 is 2.57 bits per heavy atom. The van der Waals surface area contributed by atoms with E-state index >= 15 is 0 Å². The number of halogens is 3. The molecule has 0 radical (unpaired) electrons. The van der Waals surface area contributed by atoms with Crippen LogP contribution in [0.5, 0.6) is 0 Å². The van der Waals surface area contributed by atoms with Crippen molar-refractivity contribution in [2.75, 3.05) is 11.9 Å². The Labute approximate surface area is 175 Å². The molecular formula is C21H16F3N3O2S. The van der Waals surface area contributed by atoms with Gasteiger partial charge in [0.1, 0.15) is 12.2 Å². The molecule has 1 heterocycles. The molecule has 0 aromatic heterocycles. The number of anilines is 1. The smallest absolute Gasteiger partial charge is 0.328 e. The lowest BCUT2D eigenvalue weighted by molar-refractivity contribution is -0.137. The van der Waals surface area contributed by atoms with E-state index in [0.717, 1.165) is 22.6 Å². The van der Waals surface area contributed by atoms with E-state index in [9.17, 15) is 22.8 Å². The molecule has 2 N–H and O–H groups in total. The highest BCUT2D eigenvalue weighted by Gasteiger charge is 2.32. The summed E-state index contributed by atoms with van der Waals surface area (Å²) in [5.74, 6) is -1.18. The van der Waals surface area contributed by atoms with Crippen LogP contribution in [0.3, 0.4) is 0 Å². The maximum absolute atomic E-state index is 12.8. The molecule has 2 amide bonds. The predicted molar refractivity (Wildman–Crippen MR) is 111 cm³/mol. The van der Waals surface area contributed by atoms with Crippen LogP contribution in [0.4, 0.5) is 18.9 Å². The monoisotopic (exact) mass is 431 g/mol. The Bertz CT molecular complexity index is 1030. The van der Waals surface area contributed by atoms with Crippen molar-refractivity contribution in [2.45, 2.75) is 6.18 Å². The van der Waals surface area contributed by atoms with Crippen molar-refractivity contribution in [3.05, 3.63) is 83.6 Å². The number of hydrogen-bond acceptors (Lipinski definition) is 3. The lowest BCUT2D eigenvalue weighted by Gasteiger charge is -2.14. The lowest BCUT2D eigenvalue weighted by atomic mass is 10.2. The average Bonchev–Trinajstić information content (AvgIpc) is 2.96. The Hall–Kier alpha value is -3.46. The third kappa shape index (κ3) is 5.32. The van der Waals surface area contributed by atoms with Crippen molar-refractivity contribution < 1.29 is 22.8 Å². The summed E-state index contributed by atoms with van der Waals surface area (Å²) < 4.78 is 38.4. The number of amides is 2. The maximum Gasteiger partial charge on any atom is 0.416 e. The summed E-state index contributed by atoms with van der Waals surface area (Å²) in [6, 6.07) is 13.7. The first-order valence-electron chi connectivity index (χ1n) is 8.77. The third-order valence-corrected chi connectivity index (χ3v) is 4.41. The van der Waals surface area contributed by atoms with Crippen LogP contribution in [0.15, 0.2) is 72.4 Å². The van der Waals surface area contributed by atoms with Crippen molar-refractivity contribution in [1.82, 2.24) is 10.2 Å². The molecule has 5 nitrogen and oxygen atoms in total. The average molecular weight is 431 g/mol. The zero-order valence-corrected chi connectivity index (χ0v) is 16.3. The molecule has 1 fully saturated rings. The van der Waals surface area contributed by atoms with E-state index in [1.165, 1.54) is 18.2 Å². The molecule has 0 spiro atoms. The lowest BCUT2D eigenvalue weighted by Crippen LogP contribution is -2.37. The summed E-state index contributed by atoms with van der Waals surface area (Å²) in [7, 11) is 0. The number of benzene rings is 2. The van der Waals surface area contributed by atoms with Crippen molar-refractivity contribution >= 4 is 40.9 Å². The van der Waals surface area contributed by atoms with Crippen molar-refractivity contribution in [2.24, 2.45) is 0 Å². The predicted octanol–water partition coefficient (Wildman–Crippen LogP) is 3.96. The Balaban J connectivity index is 1.63. The van der Waals surface area contributed by atoms with E-state index in [0.29, 0.717) is 0 Å². The first kappa shape index (κ1) is 21.3. The van der Waals surface area contributed by atoms with E-state index in [1.54, 1.807) is 12.2 Å². The number of alkyl halides is 3. The minimum atomic E-state index is -4.52. The third-order valence-electron chi connectivity index (χ3n) is 4.09. The molecule has 30 heavy (non-hydrogen) atoms. The van der Waals surface area contributed by atoms with Crippen molar-refractivity contribution in [3.8, 4) is 0 Å². The molecule has 3 rings (SSSR count). The minimum absolute atomic E-state index is 0.0260. The van der Waals surface area contributed by atoms with Crippen LogP contribution in [-0.2, 0) is 15.8 Å². The quantitative estimate of drug-likeness (QED) is 0.556. The molecule has 0 atom stereocenters. The summed E-state index contributed by atoms with van der Waals surface area (Å²) in [5.41, 5.74) is 0.228. The highest BCUT2D eigenvalue weighted by molar-refractivity contribution is 7.80. The van der Waals surface area contributed by atoms with E-state index in [2.05, 4.69) is 10.6 Å². The fourth-order valence-corrected chi connectivity index (χ4v) is 2.92. The van der Waals surface area contributed by atoms with Gasteiger partial charge in [0, 0.05) is 5.69 Å². The highest BCUT2D eigenvalue weighted by atomic mass is 32.1. The van der Waals surface area contributed by atoms with Crippen LogP contribution in [-0.4, -0.2) is 28.4 Å². The van der Waals surface area contributed by atoms with E-state index in [4.69, 9.17) is 12.2 Å². The molecule has 1 aliphatic heterocycles. The number of carbonyl (C=O) groups excluding carboxylic acids is 2. The van der Waals surface area contributed by atoms with Crippen LogP contribution in [0.25, 0.3) is 6.08 Å². The Morgan fingerprint density at radius 2 is 1.87 bits per heavy atom. The number of allylic oxidation sites excluding steroid dienone is 2. The van der Waals surface area contributed by atoms with Gasteiger partial charge >= 0.3 is 6.18 Å². The van der Waals surface area contributed by atoms with Gasteiger partial charge in [0.05, 0.1) is 5.56 Å². The molecule has 1 aliphatic rings. The number of hydrogen-bond donors (Lipinski definition) is 2. The zero-order chi connectivity index (χ0) is 21.7. The van der Waals surface area contributed by atoms with Crippen LogP contribution in [0.2, 0.25) is 0 Å². The summed E-state index contributed by atoms with van der Waals surface area (Å²) >= 11 is 5.09. The SMILES string of the molecule is O=C(CN1C(=O)C(=CC=Cc2ccccc2)NC1=S)Nc1cccc(C(F)(F)F)c1. The van der Waals surface area contributed by atoms with Crippen molar-refractivity contribution in [3.63, 3.8) is 0 Å². The fraction of sp³-hybridized carbons (Fsp3) is 0.0952. The molecule has 1 saturated heterocycles. The van der Waals surface area contributed by atoms with Gasteiger partial charge < -0.3 is 10.6 Å². The summed E-state index contributed by atoms with van der Waals surface area (Å²) in [6.45, 7) is -0.430. The largest absolute Gasteiger partial charge is 0.416 e. The molecule has 154 valence electrons. The number of rotatable bonds is 5. The van der Waals surface area contributed by atoms with Crippen molar-refractivity contribution in [1.29, 1.82) is 0 Å². The molecule has 0 unspecified atom stereocenters. The fourth-order valence-electron chi connectivity index (χ4n) is 2.67. The van der Waals surface area contributed by atoms with Gasteiger partial charge in [-0.05, 0) is 42.1 Å². The number of carbonyl (C=O) groups is 2. The van der Waals surface area contributed by atoms with Crippen LogP contribution in [0.1, 0.15) is 11.1 Å². The van der Waals surface area contributed by atoms with Gasteiger partial charge in [-0.1, -0.05) is 48.6 Å². The van der Waals surface area contributed by atoms with Crippen LogP contribution >= 0.6 is 12.2 Å². The first-order chi connectivity index (χ1) is 14.2. The Morgan fingerprint density at radius 1 is 1.13 bits per heavy atom. The number of thiocarbonyl (C=S) groups is 1. The molecule has 0 saturated carbocycles. The first-order valence-corrected chi connectivity index (χ1v) is 9.18. The normalized spacial score (nSPS) is 15.7. The van der Waals surface area contributed by atoms with E-state index < -0.39 is 30.1 Å². The maximum atomic E-state index is 12.8. The van der Waals surface area contributed by atoms with Gasteiger partial charge in [-0.3, -0.25) is 14.5 Å². The molecule has 2 aromatic rings. The van der Waals surface area contributed by atoms with Gasteiger partial charge in [0.25, 0.3) is 5.91 Å². The molecule has 0 aliphatic carbocycles. The number of nitrogens with one attached hydrogen (secondary N) is 2. The second kappa shape index (κ2) is 8.91. The Kier molecular flexibility index (Phi) is 6.31. The van der Waals surface area contributed by atoms with Gasteiger partial charge in [0.15, 0.2) is 5.11 Å². The second-order valence-corrected chi connectivity index (χ2v) is 6.69. The molecule has 9 heteroatoms. The van der Waals surface area contributed by atoms with Crippen LogP contribution in [0, 0.1) is 0 Å². The highest BCUT2D eigenvalue weighted by Crippen LogP contribution is 2.30. The summed E-state index contributed by atoms with van der Waals surface area (Å²) in [5, 5.41) is 5.12. The van der Waals surface area contributed by atoms with Gasteiger partial charge in [-0.2, -0.15) is 13.2 Å². The molecular weight excluding hydrogens is 415 g/mol. The summed E-state index contributed by atoms with van der Waals surface area (Å²) in [4.78, 5) is 25.7. The standard InChI is InChI=1S/C21H16F3N3O2S/c22-21(23,24)15-9-5-10-16(12-15)25-18(28)13-27-19(29)17(26-20(27)30)11-4-8-14-6-2-1-3-7-14/h1-12H,13H2,(H,25,28)(H,26,30). The van der Waals surface area contributed by atoms with Gasteiger partial charge in [-0.25, -0.2) is 0 Å². The minimum Gasteiger partial charge on any atom is -0.328 e. The number of nitrogens with zero attached hydrogens (tertiary/aromatic N) is 1. The van der Waals surface area contributed by atoms with E-state index in [1.807, 2.05) is 30.3 Å². The zero-order valence-electron chi connectivity index (χ0n) is 15.4.